The number of carbonyl (C=O) groups excluding carboxylic acids is 4. The van der Waals surface area contributed by atoms with Gasteiger partial charge in [0.2, 0.25) is 17.7 Å². The van der Waals surface area contributed by atoms with Gasteiger partial charge in [-0.25, -0.2) is 0 Å². The van der Waals surface area contributed by atoms with Crippen molar-refractivity contribution >= 4 is 35.9 Å². The topological polar surface area (TPSA) is 191 Å². The van der Waals surface area contributed by atoms with Gasteiger partial charge < -0.3 is 35.7 Å². The number of carboxylic acid groups (broad SMARTS) is 2. The highest BCUT2D eigenvalue weighted by Gasteiger charge is 2.32. The number of hydrogen-bond acceptors (Lipinski definition) is 8. The van der Waals surface area contributed by atoms with Gasteiger partial charge in [0.25, 0.3) is 0 Å². The third-order valence-corrected chi connectivity index (χ3v) is 5.34. The van der Waals surface area contributed by atoms with Crippen LogP contribution in [0.3, 0.4) is 0 Å². The summed E-state index contributed by atoms with van der Waals surface area (Å²) in [7, 11) is 0. The number of rotatable bonds is 16. The number of hydrogen-bond donors (Lipinski definition) is 5. The molecule has 0 saturated carbocycles. The van der Waals surface area contributed by atoms with E-state index in [2.05, 4.69) is 20.9 Å². The summed E-state index contributed by atoms with van der Waals surface area (Å²) in [5.74, 6) is -6.10. The molecule has 13 heteroatoms. The Kier molecular flexibility index (Phi) is 13.5. The van der Waals surface area contributed by atoms with E-state index in [1.807, 2.05) is 0 Å². The van der Waals surface area contributed by atoms with Crippen LogP contribution in [0.15, 0.2) is 0 Å². The Morgan fingerprint density at radius 1 is 0.971 bits per heavy atom. The minimum Gasteiger partial charge on any atom is -0.481 e. The van der Waals surface area contributed by atoms with E-state index in [0.717, 1.165) is 13.1 Å². The van der Waals surface area contributed by atoms with Gasteiger partial charge in [0, 0.05) is 32.6 Å². The molecule has 198 valence electrons. The van der Waals surface area contributed by atoms with Gasteiger partial charge in [-0.1, -0.05) is 13.8 Å². The first-order valence-corrected chi connectivity index (χ1v) is 11.6. The van der Waals surface area contributed by atoms with Crippen LogP contribution in [0.4, 0.5) is 0 Å². The highest BCUT2D eigenvalue weighted by atomic mass is 16.5. The standard InChI is InChI=1S/C22H36N4O9/c1-14(2)11-16(20(32)24-15(13-27)12-19(30)31)21(33)25-17(3-4-18(28)29)22(34)23-5-6-26-7-9-35-10-8-26/h13-17H,3-12H2,1-2H3,(H,23,34)(H,24,32)(H,25,33)(H,28,29)(H,30,31). The number of nitrogens with zero attached hydrogens (tertiary/aromatic N) is 1. The lowest BCUT2D eigenvalue weighted by atomic mass is 9.94. The summed E-state index contributed by atoms with van der Waals surface area (Å²) in [6, 6.07) is -2.50. The van der Waals surface area contributed by atoms with Crippen LogP contribution in [-0.2, 0) is 33.5 Å². The molecule has 13 nitrogen and oxygen atoms in total. The van der Waals surface area contributed by atoms with Gasteiger partial charge in [0.1, 0.15) is 18.2 Å². The lowest BCUT2D eigenvalue weighted by Gasteiger charge is -2.27. The number of nitrogens with one attached hydrogen (secondary N) is 3. The summed E-state index contributed by atoms with van der Waals surface area (Å²) in [6.07, 6.45) is -0.863. The molecule has 3 unspecified atom stereocenters. The Bertz CT molecular complexity index is 753. The number of aliphatic carboxylic acids is 2. The van der Waals surface area contributed by atoms with Crippen molar-refractivity contribution in [2.24, 2.45) is 11.8 Å². The maximum Gasteiger partial charge on any atom is 0.305 e. The fraction of sp³-hybridized carbons (Fsp3) is 0.727. The third kappa shape index (κ3) is 12.3. The minimum atomic E-state index is -1.31. The summed E-state index contributed by atoms with van der Waals surface area (Å²) in [5, 5.41) is 25.3. The number of amides is 3. The lowest BCUT2D eigenvalue weighted by Crippen LogP contribution is -2.53. The van der Waals surface area contributed by atoms with E-state index >= 15 is 0 Å². The molecule has 0 radical (unpaired) electrons. The van der Waals surface area contributed by atoms with Crippen molar-refractivity contribution in [2.75, 3.05) is 39.4 Å². The van der Waals surface area contributed by atoms with Crippen molar-refractivity contribution in [2.45, 2.75) is 51.6 Å². The molecular weight excluding hydrogens is 464 g/mol. The second kappa shape index (κ2) is 15.8. The van der Waals surface area contributed by atoms with Gasteiger partial charge >= 0.3 is 11.9 Å². The van der Waals surface area contributed by atoms with Gasteiger partial charge in [-0.05, 0) is 18.8 Å². The molecule has 0 aromatic heterocycles. The summed E-state index contributed by atoms with van der Waals surface area (Å²) in [5.41, 5.74) is 0. The minimum absolute atomic E-state index is 0.0701. The zero-order valence-electron chi connectivity index (χ0n) is 20.2. The van der Waals surface area contributed by atoms with Crippen molar-refractivity contribution in [3.63, 3.8) is 0 Å². The molecular formula is C22H36N4O9. The monoisotopic (exact) mass is 500 g/mol. The van der Waals surface area contributed by atoms with Crippen LogP contribution in [0.1, 0.15) is 39.5 Å². The smallest absolute Gasteiger partial charge is 0.305 e. The number of morpholine rings is 1. The van der Waals surface area contributed by atoms with Crippen molar-refractivity contribution in [1.82, 2.24) is 20.9 Å². The average molecular weight is 501 g/mol. The molecule has 35 heavy (non-hydrogen) atoms. The highest BCUT2D eigenvalue weighted by Crippen LogP contribution is 2.14. The van der Waals surface area contributed by atoms with Crippen LogP contribution >= 0.6 is 0 Å². The Morgan fingerprint density at radius 2 is 1.60 bits per heavy atom. The fourth-order valence-corrected chi connectivity index (χ4v) is 3.50. The van der Waals surface area contributed by atoms with Crippen LogP contribution < -0.4 is 16.0 Å². The molecule has 1 rings (SSSR count). The Hall–Kier alpha value is -3.06. The second-order valence-electron chi connectivity index (χ2n) is 8.77. The molecule has 0 aromatic carbocycles. The van der Waals surface area contributed by atoms with E-state index in [0.29, 0.717) is 19.8 Å². The highest BCUT2D eigenvalue weighted by molar-refractivity contribution is 6.02. The first kappa shape index (κ1) is 30.0. The van der Waals surface area contributed by atoms with Gasteiger partial charge in [0.15, 0.2) is 0 Å². The third-order valence-electron chi connectivity index (χ3n) is 5.34. The van der Waals surface area contributed by atoms with Crippen molar-refractivity contribution in [3.05, 3.63) is 0 Å². The normalized spacial score (nSPS) is 16.5. The van der Waals surface area contributed by atoms with Crippen LogP contribution in [0.25, 0.3) is 0 Å². The largest absolute Gasteiger partial charge is 0.481 e. The van der Waals surface area contributed by atoms with Crippen LogP contribution in [0, 0.1) is 11.8 Å². The van der Waals surface area contributed by atoms with Gasteiger partial charge in [-0.15, -0.1) is 0 Å². The molecule has 0 aromatic rings. The zero-order valence-corrected chi connectivity index (χ0v) is 20.2. The molecule has 1 heterocycles. The number of carbonyl (C=O) groups is 6. The Balaban J connectivity index is 2.84. The molecule has 5 N–H and O–H groups in total. The van der Waals surface area contributed by atoms with Crippen LogP contribution in [-0.4, -0.2) is 103 Å². The molecule has 1 aliphatic rings. The number of aldehydes is 1. The van der Waals surface area contributed by atoms with E-state index in [9.17, 15) is 28.8 Å². The van der Waals surface area contributed by atoms with Crippen LogP contribution in [0.2, 0.25) is 0 Å². The maximum atomic E-state index is 13.0. The number of carboxylic acids is 2. The predicted octanol–water partition coefficient (Wildman–Crippen LogP) is -1.39. The molecule has 3 amide bonds. The van der Waals surface area contributed by atoms with Gasteiger partial charge in [-0.2, -0.15) is 0 Å². The molecule has 1 fully saturated rings. The molecule has 0 spiro atoms. The molecule has 1 saturated heterocycles. The van der Waals surface area contributed by atoms with Gasteiger partial charge in [-0.3, -0.25) is 28.9 Å². The summed E-state index contributed by atoms with van der Waals surface area (Å²) >= 11 is 0. The Morgan fingerprint density at radius 3 is 2.14 bits per heavy atom. The number of ether oxygens (including phenoxy) is 1. The maximum absolute atomic E-state index is 13.0. The summed E-state index contributed by atoms with van der Waals surface area (Å²) in [4.78, 5) is 73.5. The molecule has 3 atom stereocenters. The van der Waals surface area contributed by atoms with E-state index in [1.165, 1.54) is 0 Å². The Labute approximate surface area is 203 Å². The zero-order chi connectivity index (χ0) is 26.4. The fourth-order valence-electron chi connectivity index (χ4n) is 3.50. The lowest BCUT2D eigenvalue weighted by molar-refractivity contribution is -0.142. The second-order valence-corrected chi connectivity index (χ2v) is 8.77. The predicted molar refractivity (Wildman–Crippen MR) is 122 cm³/mol. The summed E-state index contributed by atoms with van der Waals surface area (Å²) in [6.45, 7) is 7.03. The average Bonchev–Trinajstić information content (AvgIpc) is 2.79. The van der Waals surface area contributed by atoms with Gasteiger partial charge in [0.05, 0.1) is 25.7 Å². The quantitative estimate of drug-likeness (QED) is 0.124. The van der Waals surface area contributed by atoms with Crippen LogP contribution in [0.5, 0.6) is 0 Å². The van der Waals surface area contributed by atoms with Crippen molar-refractivity contribution in [3.8, 4) is 0 Å². The van der Waals surface area contributed by atoms with Crippen molar-refractivity contribution in [1.29, 1.82) is 0 Å². The van der Waals surface area contributed by atoms with Crippen molar-refractivity contribution < 1.29 is 43.7 Å². The summed E-state index contributed by atoms with van der Waals surface area (Å²) < 4.78 is 5.27. The molecule has 0 bridgehead atoms. The molecule has 0 aliphatic carbocycles. The molecule has 1 aliphatic heterocycles. The SMILES string of the molecule is CC(C)CC(C(=O)NC(C=O)CC(=O)O)C(=O)NC(CCC(=O)O)C(=O)NCCN1CCOCC1. The first-order chi connectivity index (χ1) is 16.5. The van der Waals surface area contributed by atoms with E-state index in [4.69, 9.17) is 14.9 Å². The van der Waals surface area contributed by atoms with E-state index < -0.39 is 54.1 Å². The van der Waals surface area contributed by atoms with E-state index in [1.54, 1.807) is 13.8 Å². The van der Waals surface area contributed by atoms with E-state index in [-0.39, 0.29) is 38.0 Å². The first-order valence-electron chi connectivity index (χ1n) is 11.6.